The van der Waals surface area contributed by atoms with Gasteiger partial charge in [-0.1, -0.05) is 11.6 Å². The van der Waals surface area contributed by atoms with Gasteiger partial charge in [0.2, 0.25) is 0 Å². The topological polar surface area (TPSA) is 30.3 Å². The van der Waals surface area contributed by atoms with Crippen molar-refractivity contribution in [2.45, 2.75) is 19.9 Å². The van der Waals surface area contributed by atoms with Crippen molar-refractivity contribution in [2.75, 3.05) is 31.2 Å². The van der Waals surface area contributed by atoms with Crippen LogP contribution < -0.4 is 4.90 Å². The summed E-state index contributed by atoms with van der Waals surface area (Å²) >= 11 is 6.03. The van der Waals surface area contributed by atoms with E-state index < -0.39 is 0 Å². The third kappa shape index (κ3) is 2.30. The van der Waals surface area contributed by atoms with Gasteiger partial charge in [-0.25, -0.2) is 4.98 Å². The highest BCUT2D eigenvalue weighted by atomic mass is 35.5. The summed E-state index contributed by atoms with van der Waals surface area (Å²) in [5, 5.41) is 1.71. The zero-order chi connectivity index (χ0) is 13.4. The summed E-state index contributed by atoms with van der Waals surface area (Å²) in [7, 11) is 0. The second kappa shape index (κ2) is 5.02. The molecule has 0 radical (unpaired) electrons. The second-order valence-electron chi connectivity index (χ2n) is 5.14. The molecule has 1 aliphatic heterocycles. The van der Waals surface area contributed by atoms with Crippen LogP contribution in [0.2, 0.25) is 5.15 Å². The van der Waals surface area contributed by atoms with Crippen LogP contribution in [-0.2, 0) is 4.74 Å². The Kier molecular flexibility index (Phi) is 3.37. The summed E-state index contributed by atoms with van der Waals surface area (Å²) in [5.41, 5.74) is 2.38. The smallest absolute Gasteiger partial charge is 0.131 e. The summed E-state index contributed by atoms with van der Waals surface area (Å²) in [6, 6.07) is 2.34. The monoisotopic (exact) mass is 279 g/mol. The minimum atomic E-state index is 0.399. The summed E-state index contributed by atoms with van der Waals surface area (Å²) in [4.78, 5) is 6.59. The second-order valence-corrected chi connectivity index (χ2v) is 5.53. The molecule has 2 aromatic heterocycles. The number of anilines is 1. The summed E-state index contributed by atoms with van der Waals surface area (Å²) in [5.74, 6) is 0. The molecule has 19 heavy (non-hydrogen) atoms. The Hall–Kier alpha value is -1.26. The predicted molar refractivity (Wildman–Crippen MR) is 78.2 cm³/mol. The molecule has 0 unspecified atom stereocenters. The molecular formula is C14H18ClN3O. The Bertz CT molecular complexity index is 588. The third-order valence-electron chi connectivity index (χ3n) is 3.57. The van der Waals surface area contributed by atoms with Gasteiger partial charge in [0, 0.05) is 36.9 Å². The van der Waals surface area contributed by atoms with E-state index >= 15 is 0 Å². The van der Waals surface area contributed by atoms with Crippen molar-refractivity contribution in [2.24, 2.45) is 0 Å². The number of ether oxygens (including phenoxy) is 1. The van der Waals surface area contributed by atoms with Crippen LogP contribution >= 0.6 is 11.6 Å². The first-order chi connectivity index (χ1) is 9.16. The summed E-state index contributed by atoms with van der Waals surface area (Å²) in [6.45, 7) is 7.79. The van der Waals surface area contributed by atoms with Crippen molar-refractivity contribution in [1.82, 2.24) is 9.55 Å². The van der Waals surface area contributed by atoms with Gasteiger partial charge < -0.3 is 14.2 Å². The van der Waals surface area contributed by atoms with Gasteiger partial charge in [-0.15, -0.1) is 0 Å². The van der Waals surface area contributed by atoms with E-state index in [1.165, 1.54) is 11.1 Å². The first-order valence-corrected chi connectivity index (χ1v) is 7.03. The van der Waals surface area contributed by atoms with Crippen molar-refractivity contribution < 1.29 is 4.74 Å². The molecule has 1 saturated heterocycles. The van der Waals surface area contributed by atoms with Crippen LogP contribution in [0.25, 0.3) is 10.9 Å². The van der Waals surface area contributed by atoms with E-state index in [4.69, 9.17) is 16.3 Å². The fraction of sp³-hybridized carbons (Fsp3) is 0.500. The average molecular weight is 280 g/mol. The number of nitrogens with zero attached hydrogens (tertiary/aromatic N) is 3. The molecule has 0 amide bonds. The number of halogens is 1. The number of rotatable bonds is 2. The van der Waals surface area contributed by atoms with Crippen molar-refractivity contribution >= 4 is 28.2 Å². The first kappa shape index (κ1) is 12.8. The third-order valence-corrected chi connectivity index (χ3v) is 3.78. The molecule has 0 saturated carbocycles. The summed E-state index contributed by atoms with van der Waals surface area (Å²) in [6.07, 6.45) is 4.08. The maximum atomic E-state index is 6.03. The van der Waals surface area contributed by atoms with E-state index in [0.717, 1.165) is 31.8 Å². The molecule has 3 rings (SSSR count). The molecule has 0 spiro atoms. The van der Waals surface area contributed by atoms with E-state index in [1.807, 2.05) is 12.3 Å². The molecule has 5 heteroatoms. The standard InChI is InChI=1S/C14H18ClN3O/c1-10(2)18-9-13(17-3-5-19-6-4-17)11-8-16-14(15)7-12(11)18/h7-10H,3-6H2,1-2H3. The highest BCUT2D eigenvalue weighted by molar-refractivity contribution is 6.30. The molecule has 0 bridgehead atoms. The van der Waals surface area contributed by atoms with Gasteiger partial charge in [-0.2, -0.15) is 0 Å². The number of hydrogen-bond donors (Lipinski definition) is 0. The normalized spacial score (nSPS) is 16.5. The van der Waals surface area contributed by atoms with Crippen LogP contribution in [0.1, 0.15) is 19.9 Å². The average Bonchev–Trinajstić information content (AvgIpc) is 2.78. The molecule has 0 aliphatic carbocycles. The maximum Gasteiger partial charge on any atom is 0.131 e. The first-order valence-electron chi connectivity index (χ1n) is 6.65. The van der Waals surface area contributed by atoms with Gasteiger partial charge in [-0.3, -0.25) is 0 Å². The van der Waals surface area contributed by atoms with E-state index in [9.17, 15) is 0 Å². The van der Waals surface area contributed by atoms with Gasteiger partial charge in [0.15, 0.2) is 0 Å². The van der Waals surface area contributed by atoms with Crippen LogP contribution in [0.5, 0.6) is 0 Å². The number of hydrogen-bond acceptors (Lipinski definition) is 3. The van der Waals surface area contributed by atoms with E-state index in [1.54, 1.807) is 0 Å². The molecule has 2 aromatic rings. The lowest BCUT2D eigenvalue weighted by molar-refractivity contribution is 0.123. The molecule has 102 valence electrons. The van der Waals surface area contributed by atoms with Crippen LogP contribution in [0, 0.1) is 0 Å². The van der Waals surface area contributed by atoms with Crippen molar-refractivity contribution in [3.63, 3.8) is 0 Å². The lowest BCUT2D eigenvalue weighted by Crippen LogP contribution is -2.36. The molecule has 4 nitrogen and oxygen atoms in total. The molecule has 0 N–H and O–H groups in total. The highest BCUT2D eigenvalue weighted by Crippen LogP contribution is 2.32. The van der Waals surface area contributed by atoms with E-state index in [2.05, 4.69) is 34.5 Å². The van der Waals surface area contributed by atoms with Crippen molar-refractivity contribution in [1.29, 1.82) is 0 Å². The van der Waals surface area contributed by atoms with Crippen LogP contribution in [0.3, 0.4) is 0 Å². The fourth-order valence-corrected chi connectivity index (χ4v) is 2.74. The molecule has 1 aliphatic rings. The predicted octanol–water partition coefficient (Wildman–Crippen LogP) is 3.11. The quantitative estimate of drug-likeness (QED) is 0.792. The number of pyridine rings is 1. The Morgan fingerprint density at radius 2 is 2.05 bits per heavy atom. The summed E-state index contributed by atoms with van der Waals surface area (Å²) < 4.78 is 7.68. The van der Waals surface area contributed by atoms with Gasteiger partial charge in [0.05, 0.1) is 24.4 Å². The largest absolute Gasteiger partial charge is 0.378 e. The maximum absolute atomic E-state index is 6.03. The Morgan fingerprint density at radius 1 is 1.32 bits per heavy atom. The van der Waals surface area contributed by atoms with E-state index in [0.29, 0.717) is 11.2 Å². The van der Waals surface area contributed by atoms with Crippen molar-refractivity contribution in [3.05, 3.63) is 23.6 Å². The highest BCUT2D eigenvalue weighted by Gasteiger charge is 2.18. The lowest BCUT2D eigenvalue weighted by atomic mass is 10.2. The number of morpholine rings is 1. The fourth-order valence-electron chi connectivity index (χ4n) is 2.59. The lowest BCUT2D eigenvalue weighted by Gasteiger charge is -2.28. The molecule has 0 atom stereocenters. The zero-order valence-corrected chi connectivity index (χ0v) is 12.0. The van der Waals surface area contributed by atoms with E-state index in [-0.39, 0.29) is 0 Å². The molecule has 1 fully saturated rings. The Morgan fingerprint density at radius 3 is 2.74 bits per heavy atom. The number of fused-ring (bicyclic) bond motifs is 1. The SMILES string of the molecule is CC(C)n1cc(N2CCOCC2)c2cnc(Cl)cc21. The number of aromatic nitrogens is 2. The molecule has 3 heterocycles. The van der Waals surface area contributed by atoms with Gasteiger partial charge in [0.1, 0.15) is 5.15 Å². The van der Waals surface area contributed by atoms with Crippen LogP contribution in [0.4, 0.5) is 5.69 Å². The Labute approximate surface area is 117 Å². The molecule has 0 aromatic carbocycles. The Balaban J connectivity index is 2.13. The van der Waals surface area contributed by atoms with Gasteiger partial charge >= 0.3 is 0 Å². The zero-order valence-electron chi connectivity index (χ0n) is 11.3. The minimum Gasteiger partial charge on any atom is -0.378 e. The molecular weight excluding hydrogens is 262 g/mol. The van der Waals surface area contributed by atoms with Crippen LogP contribution in [-0.4, -0.2) is 35.9 Å². The van der Waals surface area contributed by atoms with Gasteiger partial charge in [0.25, 0.3) is 0 Å². The van der Waals surface area contributed by atoms with Gasteiger partial charge in [-0.05, 0) is 19.9 Å². The van der Waals surface area contributed by atoms with Crippen molar-refractivity contribution in [3.8, 4) is 0 Å². The van der Waals surface area contributed by atoms with Crippen LogP contribution in [0.15, 0.2) is 18.5 Å². The minimum absolute atomic E-state index is 0.399.